The number of hydrogen-bond donors (Lipinski definition) is 3. The van der Waals surface area contributed by atoms with Crippen LogP contribution in [0.15, 0.2) is 21.5 Å². The second kappa shape index (κ2) is 6.92. The average Bonchev–Trinajstić information content (AvgIpc) is 3.47. The van der Waals surface area contributed by atoms with Gasteiger partial charge in [-0.25, -0.2) is 9.18 Å². The number of ether oxygens (including phenoxy) is 1. The van der Waals surface area contributed by atoms with Crippen LogP contribution in [0.3, 0.4) is 0 Å². The number of fused-ring (bicyclic) bond motifs is 2. The Morgan fingerprint density at radius 1 is 1.30 bits per heavy atom. The minimum absolute atomic E-state index is 0.0609. The third-order valence-corrected chi connectivity index (χ3v) is 8.59. The first-order chi connectivity index (χ1) is 14.4. The molecule has 3 aliphatic carbocycles. The van der Waals surface area contributed by atoms with Gasteiger partial charge in [-0.05, 0) is 62.1 Å². The molecule has 0 radical (unpaired) electrons. The summed E-state index contributed by atoms with van der Waals surface area (Å²) in [5.74, 6) is -0.449. The van der Waals surface area contributed by atoms with Gasteiger partial charge in [-0.2, -0.15) is 0 Å². The number of nitrogens with one attached hydrogen (secondary N) is 2. The minimum atomic E-state index is -0.934. The van der Waals surface area contributed by atoms with Gasteiger partial charge < -0.3 is 15.5 Å². The summed E-state index contributed by atoms with van der Waals surface area (Å²) in [6, 6.07) is 2.15. The molecule has 3 unspecified atom stereocenters. The van der Waals surface area contributed by atoms with Gasteiger partial charge in [0.15, 0.2) is 11.6 Å². The fourth-order valence-electron chi connectivity index (χ4n) is 5.65. The summed E-state index contributed by atoms with van der Waals surface area (Å²) < 4.78 is 21.8. The third-order valence-electron chi connectivity index (χ3n) is 7.23. The molecule has 160 valence electrons. The first kappa shape index (κ1) is 19.8. The van der Waals surface area contributed by atoms with Crippen molar-refractivity contribution in [3.05, 3.63) is 59.3 Å². The van der Waals surface area contributed by atoms with Gasteiger partial charge >= 0.3 is 5.69 Å². The summed E-state index contributed by atoms with van der Waals surface area (Å²) in [7, 11) is 1.38. The van der Waals surface area contributed by atoms with E-state index in [2.05, 4.69) is 16.0 Å². The Hall–Kier alpha value is -2.19. The van der Waals surface area contributed by atoms with E-state index in [0.29, 0.717) is 18.2 Å². The van der Waals surface area contributed by atoms with Crippen molar-refractivity contribution in [2.45, 2.75) is 56.3 Å². The molecule has 2 aromatic heterocycles. The van der Waals surface area contributed by atoms with Crippen LogP contribution >= 0.6 is 11.3 Å². The van der Waals surface area contributed by atoms with Gasteiger partial charge in [0.2, 0.25) is 0 Å². The predicted molar refractivity (Wildman–Crippen MR) is 115 cm³/mol. The molecule has 0 spiro atoms. The van der Waals surface area contributed by atoms with E-state index in [1.807, 2.05) is 6.92 Å². The number of methoxy groups -OCH3 is 1. The van der Waals surface area contributed by atoms with E-state index in [-0.39, 0.29) is 17.2 Å². The average molecular weight is 432 g/mol. The highest BCUT2D eigenvalue weighted by molar-refractivity contribution is 7.12. The zero-order chi connectivity index (χ0) is 21.2. The monoisotopic (exact) mass is 431 g/mol. The molecule has 0 saturated heterocycles. The summed E-state index contributed by atoms with van der Waals surface area (Å²) in [5, 5.41) is 0. The van der Waals surface area contributed by atoms with Gasteiger partial charge in [0.25, 0.3) is 5.56 Å². The lowest BCUT2D eigenvalue weighted by Gasteiger charge is -2.41. The SMILES string of the molecule is COC1=C(F)C(c2cc3c(s2)CCCC3CN)(C2CC2)C(C)c2[nH]c(=O)[nH]c(=O)c21. The van der Waals surface area contributed by atoms with Crippen LogP contribution in [0.25, 0.3) is 5.76 Å². The zero-order valence-electron chi connectivity index (χ0n) is 17.1. The lowest BCUT2D eigenvalue weighted by atomic mass is 9.64. The number of aryl methyl sites for hydroxylation is 1. The fourth-order valence-corrected chi connectivity index (χ4v) is 7.30. The number of aromatic amines is 2. The summed E-state index contributed by atoms with van der Waals surface area (Å²) >= 11 is 1.67. The minimum Gasteiger partial charge on any atom is -0.493 e. The van der Waals surface area contributed by atoms with Crippen molar-refractivity contribution in [1.82, 2.24) is 9.97 Å². The largest absolute Gasteiger partial charge is 0.493 e. The van der Waals surface area contributed by atoms with Crippen molar-refractivity contribution in [2.75, 3.05) is 13.7 Å². The van der Waals surface area contributed by atoms with Crippen LogP contribution in [0, 0.1) is 5.92 Å². The number of nitrogens with two attached hydrogens (primary N) is 1. The van der Waals surface area contributed by atoms with Crippen molar-refractivity contribution >= 4 is 17.1 Å². The van der Waals surface area contributed by atoms with Crippen LogP contribution in [-0.2, 0) is 16.6 Å². The van der Waals surface area contributed by atoms with E-state index in [1.165, 1.54) is 17.6 Å². The molecule has 0 amide bonds. The number of aromatic nitrogens is 2. The molecule has 2 aromatic rings. The van der Waals surface area contributed by atoms with Crippen LogP contribution in [0.4, 0.5) is 4.39 Å². The molecule has 3 aliphatic rings. The second-order valence-electron chi connectivity index (χ2n) is 8.72. The van der Waals surface area contributed by atoms with E-state index >= 15 is 4.39 Å². The van der Waals surface area contributed by atoms with E-state index in [0.717, 1.165) is 37.0 Å². The highest BCUT2D eigenvalue weighted by atomic mass is 32.1. The summed E-state index contributed by atoms with van der Waals surface area (Å²) in [6.07, 6.45) is 4.94. The molecular weight excluding hydrogens is 405 g/mol. The second-order valence-corrected chi connectivity index (χ2v) is 9.86. The Morgan fingerprint density at radius 3 is 2.73 bits per heavy atom. The smallest absolute Gasteiger partial charge is 0.325 e. The molecule has 0 bridgehead atoms. The lowest BCUT2D eigenvalue weighted by Crippen LogP contribution is -2.43. The molecule has 5 rings (SSSR count). The van der Waals surface area contributed by atoms with Crippen molar-refractivity contribution in [3.8, 4) is 0 Å². The van der Waals surface area contributed by atoms with Crippen LogP contribution in [0.1, 0.15) is 71.0 Å². The first-order valence-corrected chi connectivity index (χ1v) is 11.4. The Morgan fingerprint density at radius 2 is 2.07 bits per heavy atom. The summed E-state index contributed by atoms with van der Waals surface area (Å²) in [4.78, 5) is 31.9. The molecule has 30 heavy (non-hydrogen) atoms. The van der Waals surface area contributed by atoms with Crippen LogP contribution in [0.5, 0.6) is 0 Å². The quantitative estimate of drug-likeness (QED) is 0.692. The van der Waals surface area contributed by atoms with E-state index in [1.54, 1.807) is 11.3 Å². The van der Waals surface area contributed by atoms with Gasteiger partial charge in [-0.15, -0.1) is 11.3 Å². The molecule has 3 atom stereocenters. The Balaban J connectivity index is 1.80. The molecule has 1 saturated carbocycles. The Labute approximate surface area is 177 Å². The number of thiophene rings is 1. The van der Waals surface area contributed by atoms with E-state index in [9.17, 15) is 9.59 Å². The number of halogens is 1. The Kier molecular flexibility index (Phi) is 4.56. The molecule has 1 fully saturated rings. The summed E-state index contributed by atoms with van der Waals surface area (Å²) in [6.45, 7) is 2.50. The molecule has 6 nitrogen and oxygen atoms in total. The molecule has 2 heterocycles. The van der Waals surface area contributed by atoms with Crippen molar-refractivity contribution in [2.24, 2.45) is 11.7 Å². The fraction of sp³-hybridized carbons (Fsp3) is 0.545. The first-order valence-electron chi connectivity index (χ1n) is 10.6. The highest BCUT2D eigenvalue weighted by Crippen LogP contribution is 2.64. The van der Waals surface area contributed by atoms with Crippen LogP contribution in [-0.4, -0.2) is 23.6 Å². The van der Waals surface area contributed by atoms with E-state index < -0.39 is 28.4 Å². The molecule has 0 aromatic carbocycles. The van der Waals surface area contributed by atoms with Crippen molar-refractivity contribution in [1.29, 1.82) is 0 Å². The summed E-state index contributed by atoms with van der Waals surface area (Å²) in [5.41, 5.74) is 5.69. The van der Waals surface area contributed by atoms with Gasteiger partial charge in [0, 0.05) is 21.4 Å². The lowest BCUT2D eigenvalue weighted by molar-refractivity contribution is 0.265. The predicted octanol–water partition coefficient (Wildman–Crippen LogP) is 3.25. The standard InChI is InChI=1S/C22H26FN3O3S/c1-10-17-16(20(27)26-21(28)25-17)18(29-2)19(23)22(10,12-6-7-12)15-8-13-11(9-24)4-3-5-14(13)30-15/h8,10-12H,3-7,9,24H2,1-2H3,(H2,25,26,27,28). The van der Waals surface area contributed by atoms with Crippen molar-refractivity contribution < 1.29 is 9.13 Å². The number of hydrogen-bond acceptors (Lipinski definition) is 5. The van der Waals surface area contributed by atoms with Gasteiger partial charge in [-0.1, -0.05) is 6.92 Å². The van der Waals surface area contributed by atoms with Crippen molar-refractivity contribution in [3.63, 3.8) is 0 Å². The van der Waals surface area contributed by atoms with Gasteiger partial charge in [0.05, 0.1) is 12.5 Å². The zero-order valence-corrected chi connectivity index (χ0v) is 18.0. The maximum absolute atomic E-state index is 16.4. The van der Waals surface area contributed by atoms with E-state index in [4.69, 9.17) is 10.5 Å². The molecule has 0 aliphatic heterocycles. The maximum Gasteiger partial charge on any atom is 0.325 e. The molecular formula is C22H26FN3O3S. The maximum atomic E-state index is 16.4. The number of rotatable bonds is 4. The Bertz CT molecular complexity index is 1160. The highest BCUT2D eigenvalue weighted by Gasteiger charge is 2.59. The van der Waals surface area contributed by atoms with Gasteiger partial charge in [-0.3, -0.25) is 9.78 Å². The molecule has 8 heteroatoms. The van der Waals surface area contributed by atoms with Crippen LogP contribution in [0.2, 0.25) is 0 Å². The topological polar surface area (TPSA) is 101 Å². The number of allylic oxidation sites excluding steroid dienone is 1. The van der Waals surface area contributed by atoms with Gasteiger partial charge in [0.1, 0.15) is 5.56 Å². The third kappa shape index (κ3) is 2.56. The van der Waals surface area contributed by atoms with Crippen LogP contribution < -0.4 is 17.0 Å². The number of H-pyrrole nitrogens is 2. The molecule has 4 N–H and O–H groups in total. The normalized spacial score (nSPS) is 28.3.